The van der Waals surface area contributed by atoms with Crippen LogP contribution in [0.1, 0.15) is 27.0 Å². The maximum absolute atomic E-state index is 13.1. The van der Waals surface area contributed by atoms with Gasteiger partial charge in [0.2, 0.25) is 0 Å². The van der Waals surface area contributed by atoms with Crippen LogP contribution in [-0.2, 0) is 10.0 Å². The average Bonchev–Trinajstić information content (AvgIpc) is 2.71. The molecule has 0 aliphatic heterocycles. The maximum Gasteiger partial charge on any atom is 0.262 e. The number of amides is 1. The Labute approximate surface area is 184 Å². The fraction of sp³-hybridized carbons (Fsp3) is 0.208. The van der Waals surface area contributed by atoms with Gasteiger partial charge in [0.15, 0.2) is 0 Å². The molecule has 7 heteroatoms. The number of carbonyl (C=O) groups is 1. The van der Waals surface area contributed by atoms with Crippen LogP contribution in [0.5, 0.6) is 0 Å². The molecule has 0 spiro atoms. The Balaban J connectivity index is 1.87. The summed E-state index contributed by atoms with van der Waals surface area (Å²) in [6, 6.07) is 17.6. The van der Waals surface area contributed by atoms with Gasteiger partial charge in [-0.05, 0) is 68.3 Å². The number of hydrogen-bond donors (Lipinski definition) is 2. The van der Waals surface area contributed by atoms with E-state index in [1.54, 1.807) is 37.3 Å². The molecule has 0 fully saturated rings. The van der Waals surface area contributed by atoms with Crippen LogP contribution in [0.2, 0.25) is 0 Å². The first-order valence-electron chi connectivity index (χ1n) is 9.86. The minimum absolute atomic E-state index is 0.118. The summed E-state index contributed by atoms with van der Waals surface area (Å²) in [5, 5.41) is 2.80. The van der Waals surface area contributed by atoms with E-state index in [-0.39, 0.29) is 10.8 Å². The van der Waals surface area contributed by atoms with Gasteiger partial charge in [0.05, 0.1) is 10.6 Å². The van der Waals surface area contributed by atoms with Crippen LogP contribution >= 0.6 is 0 Å². The van der Waals surface area contributed by atoms with E-state index in [1.165, 1.54) is 6.07 Å². The highest BCUT2D eigenvalue weighted by Crippen LogP contribution is 2.25. The van der Waals surface area contributed by atoms with Crippen molar-refractivity contribution in [3.05, 3.63) is 82.9 Å². The molecule has 3 rings (SSSR count). The Hall–Kier alpha value is -3.32. The summed E-state index contributed by atoms with van der Waals surface area (Å²) in [6.45, 7) is 5.54. The van der Waals surface area contributed by atoms with E-state index < -0.39 is 10.0 Å². The van der Waals surface area contributed by atoms with Crippen molar-refractivity contribution in [1.29, 1.82) is 0 Å². The standard InChI is InChI=1S/C24H27N3O3S/c1-16-9-12-22(18(3)13-16)26-31(29,30)23-15-20(11-10-17(23)2)25-24(28)19-7-6-8-21(14-19)27(4)5/h6-15,26H,1-5H3,(H,25,28). The second kappa shape index (κ2) is 8.81. The first kappa shape index (κ1) is 22.4. The molecule has 0 bridgehead atoms. The molecule has 0 radical (unpaired) electrons. The maximum atomic E-state index is 13.1. The van der Waals surface area contributed by atoms with E-state index in [0.717, 1.165) is 16.8 Å². The number of anilines is 3. The molecular weight excluding hydrogens is 410 g/mol. The van der Waals surface area contributed by atoms with Gasteiger partial charge in [0.1, 0.15) is 0 Å². The van der Waals surface area contributed by atoms with Gasteiger partial charge < -0.3 is 10.2 Å². The lowest BCUT2D eigenvalue weighted by Gasteiger charge is -2.15. The molecule has 2 N–H and O–H groups in total. The predicted octanol–water partition coefficient (Wildman–Crippen LogP) is 4.73. The number of rotatable bonds is 6. The van der Waals surface area contributed by atoms with Crippen LogP contribution in [-0.4, -0.2) is 28.4 Å². The number of aryl methyl sites for hydroxylation is 3. The van der Waals surface area contributed by atoms with Gasteiger partial charge in [0, 0.05) is 31.0 Å². The minimum Gasteiger partial charge on any atom is -0.378 e. The molecule has 0 atom stereocenters. The number of hydrogen-bond acceptors (Lipinski definition) is 4. The van der Waals surface area contributed by atoms with Crippen molar-refractivity contribution < 1.29 is 13.2 Å². The molecule has 0 saturated carbocycles. The number of nitrogens with one attached hydrogen (secondary N) is 2. The van der Waals surface area contributed by atoms with Crippen molar-refractivity contribution in [3.8, 4) is 0 Å². The molecule has 1 amide bonds. The van der Waals surface area contributed by atoms with Crippen molar-refractivity contribution in [2.45, 2.75) is 25.7 Å². The van der Waals surface area contributed by atoms with Crippen LogP contribution in [0, 0.1) is 20.8 Å². The summed E-state index contributed by atoms with van der Waals surface area (Å²) in [4.78, 5) is 14.7. The van der Waals surface area contributed by atoms with Gasteiger partial charge in [-0.1, -0.05) is 29.8 Å². The third-order valence-electron chi connectivity index (χ3n) is 4.99. The molecule has 0 aromatic heterocycles. The summed E-state index contributed by atoms with van der Waals surface area (Å²) in [6.07, 6.45) is 0. The smallest absolute Gasteiger partial charge is 0.262 e. The van der Waals surface area contributed by atoms with Gasteiger partial charge in [0.25, 0.3) is 15.9 Å². The minimum atomic E-state index is -3.83. The molecule has 0 unspecified atom stereocenters. The molecule has 31 heavy (non-hydrogen) atoms. The fourth-order valence-electron chi connectivity index (χ4n) is 3.22. The van der Waals surface area contributed by atoms with Crippen molar-refractivity contribution >= 4 is 33.0 Å². The van der Waals surface area contributed by atoms with E-state index in [0.29, 0.717) is 22.5 Å². The first-order valence-corrected chi connectivity index (χ1v) is 11.3. The van der Waals surface area contributed by atoms with Crippen molar-refractivity contribution in [2.75, 3.05) is 29.0 Å². The van der Waals surface area contributed by atoms with Crippen LogP contribution in [0.25, 0.3) is 0 Å². The number of carbonyl (C=O) groups excluding carboxylic acids is 1. The van der Waals surface area contributed by atoms with Gasteiger partial charge in [-0.15, -0.1) is 0 Å². The Morgan fingerprint density at radius 3 is 2.29 bits per heavy atom. The molecule has 0 aliphatic rings. The lowest BCUT2D eigenvalue weighted by Crippen LogP contribution is -2.17. The van der Waals surface area contributed by atoms with E-state index in [9.17, 15) is 13.2 Å². The van der Waals surface area contributed by atoms with Crippen LogP contribution in [0.3, 0.4) is 0 Å². The quantitative estimate of drug-likeness (QED) is 0.584. The Morgan fingerprint density at radius 1 is 0.871 bits per heavy atom. The average molecular weight is 438 g/mol. The summed E-state index contributed by atoms with van der Waals surface area (Å²) >= 11 is 0. The van der Waals surface area contributed by atoms with Crippen molar-refractivity contribution in [3.63, 3.8) is 0 Å². The molecule has 0 saturated heterocycles. The van der Waals surface area contributed by atoms with Crippen LogP contribution < -0.4 is 14.9 Å². The number of nitrogens with zero attached hydrogens (tertiary/aromatic N) is 1. The van der Waals surface area contributed by atoms with Crippen LogP contribution in [0.15, 0.2) is 65.6 Å². The summed E-state index contributed by atoms with van der Waals surface area (Å²) in [7, 11) is -0.0288. The van der Waals surface area contributed by atoms with Gasteiger partial charge in [-0.3, -0.25) is 9.52 Å². The largest absolute Gasteiger partial charge is 0.378 e. The van der Waals surface area contributed by atoms with Crippen LogP contribution in [0.4, 0.5) is 17.1 Å². The lowest BCUT2D eigenvalue weighted by molar-refractivity contribution is 0.102. The normalized spacial score (nSPS) is 11.1. The monoisotopic (exact) mass is 437 g/mol. The second-order valence-corrected chi connectivity index (χ2v) is 9.45. The molecule has 162 valence electrons. The highest BCUT2D eigenvalue weighted by molar-refractivity contribution is 7.92. The van der Waals surface area contributed by atoms with E-state index in [4.69, 9.17) is 0 Å². The zero-order valence-corrected chi connectivity index (χ0v) is 19.2. The summed E-state index contributed by atoms with van der Waals surface area (Å²) in [5.74, 6) is -0.307. The fourth-order valence-corrected chi connectivity index (χ4v) is 4.63. The second-order valence-electron chi connectivity index (χ2n) is 7.80. The van der Waals surface area contributed by atoms with E-state index in [2.05, 4.69) is 10.0 Å². The molecular formula is C24H27N3O3S. The van der Waals surface area contributed by atoms with Crippen molar-refractivity contribution in [1.82, 2.24) is 0 Å². The van der Waals surface area contributed by atoms with Gasteiger partial charge in [-0.25, -0.2) is 8.42 Å². The molecule has 0 heterocycles. The zero-order valence-electron chi connectivity index (χ0n) is 18.4. The third-order valence-corrected chi connectivity index (χ3v) is 6.49. The molecule has 3 aromatic rings. The van der Waals surface area contributed by atoms with E-state index in [1.807, 2.05) is 57.1 Å². The predicted molar refractivity (Wildman–Crippen MR) is 127 cm³/mol. The number of benzene rings is 3. The third kappa shape index (κ3) is 5.24. The van der Waals surface area contributed by atoms with E-state index >= 15 is 0 Å². The molecule has 6 nitrogen and oxygen atoms in total. The van der Waals surface area contributed by atoms with Gasteiger partial charge in [-0.2, -0.15) is 0 Å². The lowest BCUT2D eigenvalue weighted by atomic mass is 10.1. The Kier molecular flexibility index (Phi) is 6.36. The Bertz CT molecular complexity index is 1230. The summed E-state index contributed by atoms with van der Waals surface area (Å²) < 4.78 is 28.8. The number of sulfonamides is 1. The summed E-state index contributed by atoms with van der Waals surface area (Å²) in [5.41, 5.74) is 4.81. The zero-order chi connectivity index (χ0) is 22.8. The van der Waals surface area contributed by atoms with Crippen molar-refractivity contribution in [2.24, 2.45) is 0 Å². The highest BCUT2D eigenvalue weighted by atomic mass is 32.2. The molecule has 0 aliphatic carbocycles. The highest BCUT2D eigenvalue weighted by Gasteiger charge is 2.19. The van der Waals surface area contributed by atoms with Gasteiger partial charge >= 0.3 is 0 Å². The molecule has 3 aromatic carbocycles. The topological polar surface area (TPSA) is 78.5 Å². The first-order chi connectivity index (χ1) is 14.6. The SMILES string of the molecule is Cc1ccc(NS(=O)(=O)c2cc(NC(=O)c3cccc(N(C)C)c3)ccc2C)c(C)c1. The Morgan fingerprint density at radius 2 is 1.61 bits per heavy atom.